The second-order valence-electron chi connectivity index (χ2n) is 5.29. The molecule has 0 fully saturated rings. The molecule has 0 saturated heterocycles. The molecule has 0 spiro atoms. The van der Waals surface area contributed by atoms with Crippen LogP contribution < -0.4 is 10.6 Å². The van der Waals surface area contributed by atoms with Gasteiger partial charge in [-0.05, 0) is 42.2 Å². The Balaban J connectivity index is 1.80. The van der Waals surface area contributed by atoms with Crippen LogP contribution in [0.5, 0.6) is 0 Å². The van der Waals surface area contributed by atoms with Gasteiger partial charge >= 0.3 is 0 Å². The lowest BCUT2D eigenvalue weighted by atomic mass is 10.1. The molecule has 0 aromatic heterocycles. The molecular weight excluding hydrogens is 272 g/mol. The molecule has 2 aromatic carbocycles. The zero-order chi connectivity index (χ0) is 15.8. The fourth-order valence-corrected chi connectivity index (χ4v) is 2.36. The molecule has 0 unspecified atom stereocenters. The summed E-state index contributed by atoms with van der Waals surface area (Å²) in [6, 6.07) is 16.2. The molecule has 0 saturated carbocycles. The maximum atomic E-state index is 12.0. The first kappa shape index (κ1) is 16.1. The zero-order valence-corrected chi connectivity index (χ0v) is 13.4. The smallest absolute Gasteiger partial charge is 0.226 e. The van der Waals surface area contributed by atoms with Crippen LogP contribution >= 0.6 is 0 Å². The number of rotatable bonds is 7. The molecule has 0 aliphatic carbocycles. The van der Waals surface area contributed by atoms with Gasteiger partial charge in [0.25, 0.3) is 0 Å². The third-order valence-corrected chi connectivity index (χ3v) is 3.71. The van der Waals surface area contributed by atoms with Crippen LogP contribution in [0.15, 0.2) is 48.5 Å². The van der Waals surface area contributed by atoms with Crippen molar-refractivity contribution in [1.82, 2.24) is 0 Å². The molecule has 0 aliphatic rings. The van der Waals surface area contributed by atoms with E-state index in [1.165, 1.54) is 11.1 Å². The second kappa shape index (κ2) is 8.23. The summed E-state index contributed by atoms with van der Waals surface area (Å²) in [6.45, 7) is 4.89. The van der Waals surface area contributed by atoms with Crippen LogP contribution in [0.25, 0.3) is 0 Å². The van der Waals surface area contributed by atoms with Crippen molar-refractivity contribution < 1.29 is 4.79 Å². The maximum Gasteiger partial charge on any atom is 0.226 e. The number of hydrogen-bond donors (Lipinski definition) is 2. The van der Waals surface area contributed by atoms with E-state index in [9.17, 15) is 4.79 Å². The highest BCUT2D eigenvalue weighted by Crippen LogP contribution is 2.15. The van der Waals surface area contributed by atoms with Gasteiger partial charge < -0.3 is 10.6 Å². The quantitative estimate of drug-likeness (QED) is 0.802. The van der Waals surface area contributed by atoms with Crippen molar-refractivity contribution in [1.29, 1.82) is 0 Å². The first-order chi connectivity index (χ1) is 10.7. The summed E-state index contributed by atoms with van der Waals surface area (Å²) in [5.41, 5.74) is 4.52. The van der Waals surface area contributed by atoms with Crippen LogP contribution in [0.2, 0.25) is 0 Å². The Bertz CT molecular complexity index is 605. The Morgan fingerprint density at radius 3 is 2.36 bits per heavy atom. The van der Waals surface area contributed by atoms with E-state index in [-0.39, 0.29) is 5.91 Å². The number of amides is 1. The van der Waals surface area contributed by atoms with Gasteiger partial charge in [-0.2, -0.15) is 0 Å². The van der Waals surface area contributed by atoms with Crippen LogP contribution in [0.3, 0.4) is 0 Å². The van der Waals surface area contributed by atoms with Crippen molar-refractivity contribution in [3.05, 3.63) is 59.7 Å². The van der Waals surface area contributed by atoms with Gasteiger partial charge in [-0.3, -0.25) is 4.79 Å². The molecule has 3 nitrogen and oxygen atoms in total. The average Bonchev–Trinajstić information content (AvgIpc) is 2.56. The number of carbonyl (C=O) groups is 1. The third-order valence-electron chi connectivity index (χ3n) is 3.71. The lowest BCUT2D eigenvalue weighted by Gasteiger charge is -2.11. The molecular formula is C19H24N2O. The summed E-state index contributed by atoms with van der Waals surface area (Å²) in [6.07, 6.45) is 2.45. The molecule has 116 valence electrons. The maximum absolute atomic E-state index is 12.0. The van der Waals surface area contributed by atoms with E-state index in [1.807, 2.05) is 36.4 Å². The van der Waals surface area contributed by atoms with Gasteiger partial charge in [0.2, 0.25) is 5.91 Å². The normalized spacial score (nSPS) is 10.3. The van der Waals surface area contributed by atoms with Gasteiger partial charge in [0, 0.05) is 24.3 Å². The second-order valence-corrected chi connectivity index (χ2v) is 5.29. The molecule has 1 amide bonds. The minimum absolute atomic E-state index is 0.0331. The van der Waals surface area contributed by atoms with E-state index in [1.54, 1.807) is 0 Å². The number of benzene rings is 2. The standard InChI is InChI=1S/C19H24N2O/c1-3-15-9-11-17(12-10-15)21-19(22)13-14-20-18-8-6-5-7-16(18)4-2/h5-12,20H,3-4,13-14H2,1-2H3,(H,21,22). The molecule has 2 rings (SSSR count). The van der Waals surface area contributed by atoms with Crippen molar-refractivity contribution in [2.75, 3.05) is 17.2 Å². The fraction of sp³-hybridized carbons (Fsp3) is 0.316. The highest BCUT2D eigenvalue weighted by atomic mass is 16.1. The molecule has 0 radical (unpaired) electrons. The Morgan fingerprint density at radius 2 is 1.68 bits per heavy atom. The van der Waals surface area contributed by atoms with Crippen molar-refractivity contribution in [2.24, 2.45) is 0 Å². The van der Waals surface area contributed by atoms with Gasteiger partial charge in [-0.15, -0.1) is 0 Å². The number of hydrogen-bond acceptors (Lipinski definition) is 2. The summed E-state index contributed by atoms with van der Waals surface area (Å²) >= 11 is 0. The predicted molar refractivity (Wildman–Crippen MR) is 93.4 cm³/mol. The highest BCUT2D eigenvalue weighted by Gasteiger charge is 2.03. The van der Waals surface area contributed by atoms with Crippen LogP contribution in [-0.2, 0) is 17.6 Å². The van der Waals surface area contributed by atoms with E-state index >= 15 is 0 Å². The van der Waals surface area contributed by atoms with Crippen molar-refractivity contribution in [3.8, 4) is 0 Å². The minimum atomic E-state index is 0.0331. The lowest BCUT2D eigenvalue weighted by Crippen LogP contribution is -2.16. The Hall–Kier alpha value is -2.29. The van der Waals surface area contributed by atoms with Gasteiger partial charge in [0.1, 0.15) is 0 Å². The molecule has 2 aromatic rings. The predicted octanol–water partition coefficient (Wildman–Crippen LogP) is 4.25. The number of carbonyl (C=O) groups excluding carboxylic acids is 1. The van der Waals surface area contributed by atoms with Gasteiger partial charge in [-0.1, -0.05) is 44.2 Å². The van der Waals surface area contributed by atoms with Gasteiger partial charge in [-0.25, -0.2) is 0 Å². The third kappa shape index (κ3) is 4.62. The monoisotopic (exact) mass is 296 g/mol. The topological polar surface area (TPSA) is 41.1 Å². The van der Waals surface area contributed by atoms with E-state index in [2.05, 4.69) is 36.6 Å². The molecule has 22 heavy (non-hydrogen) atoms. The van der Waals surface area contributed by atoms with Gasteiger partial charge in [0.05, 0.1) is 0 Å². The van der Waals surface area contributed by atoms with Crippen LogP contribution in [0, 0.1) is 0 Å². The Labute approximate surface area is 132 Å². The molecule has 0 heterocycles. The van der Waals surface area contributed by atoms with E-state index in [0.717, 1.165) is 24.2 Å². The highest BCUT2D eigenvalue weighted by molar-refractivity contribution is 5.91. The minimum Gasteiger partial charge on any atom is -0.384 e. The summed E-state index contributed by atoms with van der Waals surface area (Å²) in [7, 11) is 0. The Morgan fingerprint density at radius 1 is 0.955 bits per heavy atom. The van der Waals surface area contributed by atoms with Gasteiger partial charge in [0.15, 0.2) is 0 Å². The number of para-hydroxylation sites is 1. The van der Waals surface area contributed by atoms with Crippen LogP contribution in [0.4, 0.5) is 11.4 Å². The molecule has 0 bridgehead atoms. The average molecular weight is 296 g/mol. The SMILES string of the molecule is CCc1ccc(NC(=O)CCNc2ccccc2CC)cc1. The zero-order valence-electron chi connectivity index (χ0n) is 13.4. The molecule has 0 aliphatic heterocycles. The van der Waals surface area contributed by atoms with Crippen molar-refractivity contribution in [2.45, 2.75) is 33.1 Å². The van der Waals surface area contributed by atoms with Crippen molar-refractivity contribution in [3.63, 3.8) is 0 Å². The largest absolute Gasteiger partial charge is 0.384 e. The first-order valence-electron chi connectivity index (χ1n) is 7.93. The summed E-state index contributed by atoms with van der Waals surface area (Å²) in [4.78, 5) is 12.0. The van der Waals surface area contributed by atoms with E-state index in [0.29, 0.717) is 13.0 Å². The molecule has 2 N–H and O–H groups in total. The molecule has 0 atom stereocenters. The Kier molecular flexibility index (Phi) is 6.01. The van der Waals surface area contributed by atoms with Crippen molar-refractivity contribution >= 4 is 17.3 Å². The number of nitrogens with one attached hydrogen (secondary N) is 2. The summed E-state index contributed by atoms with van der Waals surface area (Å²) < 4.78 is 0. The summed E-state index contributed by atoms with van der Waals surface area (Å²) in [5.74, 6) is 0.0331. The van der Waals surface area contributed by atoms with E-state index < -0.39 is 0 Å². The molecule has 3 heteroatoms. The fourth-order valence-electron chi connectivity index (χ4n) is 2.36. The first-order valence-corrected chi connectivity index (χ1v) is 7.93. The number of anilines is 2. The van der Waals surface area contributed by atoms with Crippen LogP contribution in [0.1, 0.15) is 31.4 Å². The lowest BCUT2D eigenvalue weighted by molar-refractivity contribution is -0.115. The van der Waals surface area contributed by atoms with Crippen LogP contribution in [-0.4, -0.2) is 12.5 Å². The van der Waals surface area contributed by atoms with E-state index in [4.69, 9.17) is 0 Å². The number of aryl methyl sites for hydroxylation is 2. The summed E-state index contributed by atoms with van der Waals surface area (Å²) in [5, 5.41) is 6.27.